The van der Waals surface area contributed by atoms with E-state index in [2.05, 4.69) is 15.0 Å². The SMILES string of the molecule is Cc1cccnc1NS(=O)(=O)c1ccc2occ(C3CCC(=O)NC3=O)c2c1. The minimum atomic E-state index is -3.88. The Morgan fingerprint density at radius 1 is 1.25 bits per heavy atom. The first-order valence-corrected chi connectivity index (χ1v) is 10.1. The summed E-state index contributed by atoms with van der Waals surface area (Å²) in [6, 6.07) is 7.92. The molecule has 1 saturated heterocycles. The molecule has 2 N–H and O–H groups in total. The third kappa shape index (κ3) is 3.24. The van der Waals surface area contributed by atoms with Crippen molar-refractivity contribution in [2.45, 2.75) is 30.6 Å². The highest BCUT2D eigenvalue weighted by Crippen LogP contribution is 2.34. The number of hydrogen-bond acceptors (Lipinski definition) is 6. The van der Waals surface area contributed by atoms with Gasteiger partial charge in [-0.1, -0.05) is 6.07 Å². The molecule has 144 valence electrons. The van der Waals surface area contributed by atoms with Gasteiger partial charge < -0.3 is 4.42 Å². The van der Waals surface area contributed by atoms with Gasteiger partial charge in [0.2, 0.25) is 11.8 Å². The lowest BCUT2D eigenvalue weighted by molar-refractivity contribution is -0.134. The van der Waals surface area contributed by atoms with Crippen LogP contribution in [0.25, 0.3) is 11.0 Å². The van der Waals surface area contributed by atoms with Crippen molar-refractivity contribution in [3.05, 3.63) is 53.9 Å². The Kier molecular flexibility index (Phi) is 4.38. The number of sulfonamides is 1. The fourth-order valence-electron chi connectivity index (χ4n) is 3.23. The third-order valence-electron chi connectivity index (χ3n) is 4.74. The van der Waals surface area contributed by atoms with E-state index in [9.17, 15) is 18.0 Å². The van der Waals surface area contributed by atoms with Crippen LogP contribution in [0.5, 0.6) is 0 Å². The molecule has 8 nitrogen and oxygen atoms in total. The van der Waals surface area contributed by atoms with E-state index in [1.54, 1.807) is 25.1 Å². The number of imide groups is 1. The molecule has 1 aromatic carbocycles. The Morgan fingerprint density at radius 3 is 2.82 bits per heavy atom. The molecular weight excluding hydrogens is 382 g/mol. The van der Waals surface area contributed by atoms with E-state index in [-0.39, 0.29) is 23.0 Å². The number of nitrogens with one attached hydrogen (secondary N) is 2. The van der Waals surface area contributed by atoms with E-state index in [1.807, 2.05) is 0 Å². The molecule has 0 bridgehead atoms. The van der Waals surface area contributed by atoms with Gasteiger partial charge in [0.25, 0.3) is 10.0 Å². The summed E-state index contributed by atoms with van der Waals surface area (Å²) in [5.74, 6) is -1.04. The molecule has 1 aliphatic heterocycles. The van der Waals surface area contributed by atoms with Crippen LogP contribution >= 0.6 is 0 Å². The summed E-state index contributed by atoms with van der Waals surface area (Å²) in [6.45, 7) is 1.76. The number of carbonyl (C=O) groups excluding carboxylic acids is 2. The van der Waals surface area contributed by atoms with Crippen LogP contribution in [0, 0.1) is 6.92 Å². The summed E-state index contributed by atoms with van der Waals surface area (Å²) in [6.07, 6.45) is 3.52. The molecule has 2 amide bonds. The fraction of sp³-hybridized carbons (Fsp3) is 0.211. The maximum absolute atomic E-state index is 12.8. The Balaban J connectivity index is 1.72. The van der Waals surface area contributed by atoms with Gasteiger partial charge in [-0.05, 0) is 43.2 Å². The number of nitrogens with zero attached hydrogens (tertiary/aromatic N) is 1. The zero-order chi connectivity index (χ0) is 19.9. The molecule has 0 saturated carbocycles. The van der Waals surface area contributed by atoms with Crippen molar-refractivity contribution in [1.29, 1.82) is 0 Å². The number of pyridine rings is 1. The van der Waals surface area contributed by atoms with Gasteiger partial charge >= 0.3 is 0 Å². The van der Waals surface area contributed by atoms with Gasteiger partial charge in [-0.3, -0.25) is 19.6 Å². The minimum Gasteiger partial charge on any atom is -0.464 e. The summed E-state index contributed by atoms with van der Waals surface area (Å²) in [4.78, 5) is 27.7. The van der Waals surface area contributed by atoms with Crippen LogP contribution in [0.15, 0.2) is 52.1 Å². The molecule has 2 aromatic heterocycles. The second-order valence-corrected chi connectivity index (χ2v) is 8.31. The van der Waals surface area contributed by atoms with E-state index >= 15 is 0 Å². The third-order valence-corrected chi connectivity index (χ3v) is 6.08. The van der Waals surface area contributed by atoms with Gasteiger partial charge in [0.05, 0.1) is 17.1 Å². The first kappa shape index (κ1) is 18.2. The molecule has 1 atom stereocenters. The standard InChI is InChI=1S/C19H17N3O5S/c1-11-3-2-8-20-18(11)22-28(25,26)12-4-6-16-14(9-12)15(10-27-16)13-5-7-17(23)21-19(13)24/h2-4,6,8-10,13H,5,7H2,1H3,(H,20,22)(H,21,23,24). The van der Waals surface area contributed by atoms with E-state index in [0.29, 0.717) is 28.5 Å². The summed E-state index contributed by atoms with van der Waals surface area (Å²) in [7, 11) is -3.88. The number of furan rings is 1. The van der Waals surface area contributed by atoms with Crippen molar-refractivity contribution in [2.24, 2.45) is 0 Å². The number of hydrogen-bond donors (Lipinski definition) is 2. The van der Waals surface area contributed by atoms with Crippen LogP contribution in [0.3, 0.4) is 0 Å². The Bertz CT molecular complexity index is 1200. The summed E-state index contributed by atoms with van der Waals surface area (Å²) < 4.78 is 33.6. The lowest BCUT2D eigenvalue weighted by Gasteiger charge is -2.20. The molecule has 9 heteroatoms. The van der Waals surface area contributed by atoms with Gasteiger partial charge in [0.15, 0.2) is 0 Å². The van der Waals surface area contributed by atoms with Crippen molar-refractivity contribution in [3.8, 4) is 0 Å². The number of carbonyl (C=O) groups is 2. The van der Waals surface area contributed by atoms with Crippen molar-refractivity contribution in [2.75, 3.05) is 4.72 Å². The first-order valence-electron chi connectivity index (χ1n) is 8.64. The molecule has 28 heavy (non-hydrogen) atoms. The summed E-state index contributed by atoms with van der Waals surface area (Å²) >= 11 is 0. The van der Waals surface area contributed by atoms with Crippen molar-refractivity contribution in [3.63, 3.8) is 0 Å². The molecular formula is C19H17N3O5S. The summed E-state index contributed by atoms with van der Waals surface area (Å²) in [5, 5.41) is 2.83. The van der Waals surface area contributed by atoms with Crippen molar-refractivity contribution >= 4 is 38.6 Å². The second-order valence-electron chi connectivity index (χ2n) is 6.63. The van der Waals surface area contributed by atoms with Crippen molar-refractivity contribution < 1.29 is 22.4 Å². The lowest BCUT2D eigenvalue weighted by Crippen LogP contribution is -2.39. The predicted molar refractivity (Wildman–Crippen MR) is 101 cm³/mol. The van der Waals surface area contributed by atoms with Crippen LogP contribution in [0.2, 0.25) is 0 Å². The lowest BCUT2D eigenvalue weighted by atomic mass is 9.90. The quantitative estimate of drug-likeness (QED) is 0.651. The number of piperidine rings is 1. The molecule has 0 spiro atoms. The monoisotopic (exact) mass is 399 g/mol. The Hall–Kier alpha value is -3.20. The van der Waals surface area contributed by atoms with Crippen LogP contribution in [-0.4, -0.2) is 25.2 Å². The predicted octanol–water partition coefficient (Wildman–Crippen LogP) is 2.46. The highest BCUT2D eigenvalue weighted by atomic mass is 32.2. The normalized spacial score (nSPS) is 17.5. The maximum Gasteiger partial charge on any atom is 0.263 e. The van der Waals surface area contributed by atoms with E-state index in [1.165, 1.54) is 24.6 Å². The molecule has 1 fully saturated rings. The molecule has 3 heterocycles. The Morgan fingerprint density at radius 2 is 2.07 bits per heavy atom. The van der Waals surface area contributed by atoms with E-state index in [4.69, 9.17) is 4.42 Å². The van der Waals surface area contributed by atoms with E-state index in [0.717, 1.165) is 0 Å². The highest BCUT2D eigenvalue weighted by molar-refractivity contribution is 7.92. The maximum atomic E-state index is 12.8. The van der Waals surface area contributed by atoms with Gasteiger partial charge in [0, 0.05) is 23.6 Å². The van der Waals surface area contributed by atoms with Crippen LogP contribution in [0.1, 0.15) is 29.9 Å². The van der Waals surface area contributed by atoms with Gasteiger partial charge in [0.1, 0.15) is 11.4 Å². The number of benzene rings is 1. The van der Waals surface area contributed by atoms with Crippen LogP contribution < -0.4 is 10.0 Å². The number of rotatable bonds is 4. The van der Waals surface area contributed by atoms with Gasteiger partial charge in [-0.15, -0.1) is 0 Å². The fourth-order valence-corrected chi connectivity index (χ4v) is 4.34. The molecule has 1 unspecified atom stereocenters. The van der Waals surface area contributed by atoms with Crippen molar-refractivity contribution in [1.82, 2.24) is 10.3 Å². The molecule has 3 aromatic rings. The minimum absolute atomic E-state index is 0.0278. The highest BCUT2D eigenvalue weighted by Gasteiger charge is 2.31. The van der Waals surface area contributed by atoms with Gasteiger partial charge in [-0.2, -0.15) is 0 Å². The number of aromatic nitrogens is 1. The van der Waals surface area contributed by atoms with Crippen LogP contribution in [0.4, 0.5) is 5.82 Å². The summed E-state index contributed by atoms with van der Waals surface area (Å²) in [5.41, 5.74) is 1.72. The second kappa shape index (κ2) is 6.75. The van der Waals surface area contributed by atoms with E-state index < -0.39 is 21.8 Å². The first-order chi connectivity index (χ1) is 13.3. The largest absolute Gasteiger partial charge is 0.464 e. The number of fused-ring (bicyclic) bond motifs is 1. The molecule has 0 aliphatic carbocycles. The molecule has 4 rings (SSSR count). The number of anilines is 1. The van der Waals surface area contributed by atoms with Crippen LogP contribution in [-0.2, 0) is 19.6 Å². The molecule has 1 aliphatic rings. The number of aryl methyl sites for hydroxylation is 1. The zero-order valence-corrected chi connectivity index (χ0v) is 15.7. The topological polar surface area (TPSA) is 118 Å². The van der Waals surface area contributed by atoms with Gasteiger partial charge in [-0.25, -0.2) is 13.4 Å². The Labute approximate surface area is 161 Å². The zero-order valence-electron chi connectivity index (χ0n) is 14.9. The smallest absolute Gasteiger partial charge is 0.263 e. The average molecular weight is 399 g/mol. The number of amides is 2. The average Bonchev–Trinajstić information content (AvgIpc) is 3.07. The molecule has 0 radical (unpaired) electrons.